The molecule has 4 aromatic rings. The fourth-order valence-electron chi connectivity index (χ4n) is 2.55. The van der Waals surface area contributed by atoms with E-state index in [9.17, 15) is 0 Å². The number of benzene rings is 2. The lowest BCUT2D eigenvalue weighted by molar-refractivity contribution is 1.43. The van der Waals surface area contributed by atoms with Crippen molar-refractivity contribution in [2.45, 2.75) is 6.92 Å². The molecule has 0 aliphatic heterocycles. The van der Waals surface area contributed by atoms with Gasteiger partial charge in [-0.05, 0) is 30.7 Å². The van der Waals surface area contributed by atoms with Crippen LogP contribution in [-0.4, -0.2) is 4.98 Å². The molecule has 2 heteroatoms. The maximum Gasteiger partial charge on any atom is 0.124 e. The van der Waals surface area contributed by atoms with Gasteiger partial charge in [-0.1, -0.05) is 60.2 Å². The van der Waals surface area contributed by atoms with Gasteiger partial charge in [0.25, 0.3) is 0 Å². The summed E-state index contributed by atoms with van der Waals surface area (Å²) in [6, 6.07) is 25.5. The SMILES string of the molecule is Cc1ccc(-c2cc3ccc(-c4ccccc4)nc3s2)cc1. The summed E-state index contributed by atoms with van der Waals surface area (Å²) < 4.78 is 0. The summed E-state index contributed by atoms with van der Waals surface area (Å²) in [4.78, 5) is 7.19. The van der Waals surface area contributed by atoms with Gasteiger partial charge in [0, 0.05) is 15.8 Å². The first-order valence-corrected chi connectivity index (χ1v) is 8.14. The van der Waals surface area contributed by atoms with Gasteiger partial charge in [0.05, 0.1) is 5.69 Å². The molecule has 2 aromatic heterocycles. The second-order valence-corrected chi connectivity index (χ2v) is 6.46. The molecule has 0 aliphatic rings. The minimum Gasteiger partial charge on any atom is -0.237 e. The number of aromatic nitrogens is 1. The maximum absolute atomic E-state index is 4.83. The third kappa shape index (κ3) is 2.42. The molecule has 0 bridgehead atoms. The van der Waals surface area contributed by atoms with E-state index in [0.717, 1.165) is 16.1 Å². The summed E-state index contributed by atoms with van der Waals surface area (Å²) in [6.45, 7) is 2.11. The zero-order chi connectivity index (χ0) is 14.9. The zero-order valence-electron chi connectivity index (χ0n) is 12.3. The molecule has 0 saturated carbocycles. The van der Waals surface area contributed by atoms with Crippen LogP contribution >= 0.6 is 11.3 Å². The molecule has 4 rings (SSSR count). The van der Waals surface area contributed by atoms with Crippen molar-refractivity contribution >= 4 is 21.6 Å². The van der Waals surface area contributed by atoms with Crippen molar-refractivity contribution < 1.29 is 0 Å². The zero-order valence-corrected chi connectivity index (χ0v) is 13.1. The fraction of sp³-hybridized carbons (Fsp3) is 0.0500. The fourth-order valence-corrected chi connectivity index (χ4v) is 3.58. The summed E-state index contributed by atoms with van der Waals surface area (Å²) in [6.07, 6.45) is 0. The average molecular weight is 301 g/mol. The number of hydrogen-bond acceptors (Lipinski definition) is 2. The van der Waals surface area contributed by atoms with E-state index in [-0.39, 0.29) is 0 Å². The molecule has 0 amide bonds. The third-order valence-corrected chi connectivity index (χ3v) is 4.88. The van der Waals surface area contributed by atoms with Gasteiger partial charge in [-0.2, -0.15) is 0 Å². The maximum atomic E-state index is 4.83. The van der Waals surface area contributed by atoms with Gasteiger partial charge in [0.15, 0.2) is 0 Å². The highest BCUT2D eigenvalue weighted by Crippen LogP contribution is 2.33. The van der Waals surface area contributed by atoms with Crippen molar-refractivity contribution in [3.63, 3.8) is 0 Å². The Morgan fingerprint density at radius 3 is 2.32 bits per heavy atom. The summed E-state index contributed by atoms with van der Waals surface area (Å²) >= 11 is 1.75. The summed E-state index contributed by atoms with van der Waals surface area (Å²) in [5.74, 6) is 0. The average Bonchev–Trinajstić information content (AvgIpc) is 2.99. The first kappa shape index (κ1) is 13.2. The molecule has 0 spiro atoms. The lowest BCUT2D eigenvalue weighted by Crippen LogP contribution is -1.81. The van der Waals surface area contributed by atoms with Gasteiger partial charge in [-0.25, -0.2) is 4.98 Å². The van der Waals surface area contributed by atoms with Crippen molar-refractivity contribution in [3.8, 4) is 21.7 Å². The summed E-state index contributed by atoms with van der Waals surface area (Å²) in [5, 5.41) is 1.21. The monoisotopic (exact) mass is 301 g/mol. The van der Waals surface area contributed by atoms with E-state index in [1.165, 1.54) is 21.4 Å². The lowest BCUT2D eigenvalue weighted by atomic mass is 10.1. The summed E-state index contributed by atoms with van der Waals surface area (Å²) in [5.41, 5.74) is 4.74. The molecule has 2 heterocycles. The van der Waals surface area contributed by atoms with Gasteiger partial charge < -0.3 is 0 Å². The van der Waals surface area contributed by atoms with E-state index in [4.69, 9.17) is 4.98 Å². The minimum absolute atomic E-state index is 1.03. The number of rotatable bonds is 2. The van der Waals surface area contributed by atoms with Crippen LogP contribution in [0.25, 0.3) is 31.9 Å². The molecule has 22 heavy (non-hydrogen) atoms. The number of hydrogen-bond donors (Lipinski definition) is 0. The Labute approximate surface area is 133 Å². The molecule has 0 saturated heterocycles. The molecule has 1 nitrogen and oxygen atoms in total. The molecule has 0 aliphatic carbocycles. The van der Waals surface area contributed by atoms with Crippen molar-refractivity contribution in [2.75, 3.05) is 0 Å². The highest BCUT2D eigenvalue weighted by Gasteiger charge is 2.07. The van der Waals surface area contributed by atoms with Crippen LogP contribution in [0.3, 0.4) is 0 Å². The van der Waals surface area contributed by atoms with Crippen LogP contribution in [0.5, 0.6) is 0 Å². The van der Waals surface area contributed by atoms with Gasteiger partial charge in [-0.3, -0.25) is 0 Å². The highest BCUT2D eigenvalue weighted by molar-refractivity contribution is 7.21. The van der Waals surface area contributed by atoms with E-state index in [1.807, 2.05) is 18.2 Å². The van der Waals surface area contributed by atoms with Gasteiger partial charge in [0.2, 0.25) is 0 Å². The Hall–Kier alpha value is -2.45. The predicted octanol–water partition coefficient (Wildman–Crippen LogP) is 5.94. The van der Waals surface area contributed by atoms with E-state index < -0.39 is 0 Å². The number of aryl methyl sites for hydroxylation is 1. The van der Waals surface area contributed by atoms with E-state index >= 15 is 0 Å². The third-order valence-electron chi connectivity index (χ3n) is 3.79. The molecule has 0 atom stereocenters. The van der Waals surface area contributed by atoms with Crippen LogP contribution in [0.1, 0.15) is 5.56 Å². The molecular weight excluding hydrogens is 286 g/mol. The Morgan fingerprint density at radius 2 is 1.55 bits per heavy atom. The first-order chi connectivity index (χ1) is 10.8. The minimum atomic E-state index is 1.03. The van der Waals surface area contributed by atoms with Crippen LogP contribution in [-0.2, 0) is 0 Å². The number of pyridine rings is 1. The second-order valence-electron chi connectivity index (χ2n) is 5.43. The molecule has 0 fully saturated rings. The normalized spacial score (nSPS) is 11.0. The molecular formula is C20H15NS. The van der Waals surface area contributed by atoms with Crippen LogP contribution in [0.15, 0.2) is 72.8 Å². The molecule has 2 aromatic carbocycles. The van der Waals surface area contributed by atoms with Crippen LogP contribution < -0.4 is 0 Å². The van der Waals surface area contributed by atoms with Crippen LogP contribution in [0, 0.1) is 6.92 Å². The largest absolute Gasteiger partial charge is 0.237 e. The molecule has 106 valence electrons. The number of fused-ring (bicyclic) bond motifs is 1. The summed E-state index contributed by atoms with van der Waals surface area (Å²) in [7, 11) is 0. The smallest absolute Gasteiger partial charge is 0.124 e. The standard InChI is InChI=1S/C20H15NS/c1-14-7-9-16(10-8-14)19-13-17-11-12-18(21-20(17)22-19)15-5-3-2-4-6-15/h2-13H,1H3. The quantitative estimate of drug-likeness (QED) is 0.446. The second kappa shape index (κ2) is 5.39. The van der Waals surface area contributed by atoms with E-state index in [2.05, 4.69) is 61.5 Å². The van der Waals surface area contributed by atoms with Gasteiger partial charge in [-0.15, -0.1) is 11.3 Å². The predicted molar refractivity (Wildman–Crippen MR) is 95.2 cm³/mol. The van der Waals surface area contributed by atoms with Crippen LogP contribution in [0.2, 0.25) is 0 Å². The molecule has 0 N–H and O–H groups in total. The number of thiophene rings is 1. The Bertz CT molecular complexity index is 921. The Morgan fingerprint density at radius 1 is 0.773 bits per heavy atom. The van der Waals surface area contributed by atoms with Crippen molar-refractivity contribution in [1.29, 1.82) is 0 Å². The van der Waals surface area contributed by atoms with Gasteiger partial charge in [0.1, 0.15) is 4.83 Å². The van der Waals surface area contributed by atoms with Crippen molar-refractivity contribution in [1.82, 2.24) is 4.98 Å². The Balaban J connectivity index is 1.80. The topological polar surface area (TPSA) is 12.9 Å². The van der Waals surface area contributed by atoms with Crippen molar-refractivity contribution in [2.24, 2.45) is 0 Å². The van der Waals surface area contributed by atoms with Crippen molar-refractivity contribution in [3.05, 3.63) is 78.4 Å². The molecule has 0 radical (unpaired) electrons. The highest BCUT2D eigenvalue weighted by atomic mass is 32.1. The number of nitrogens with zero attached hydrogens (tertiary/aromatic N) is 1. The van der Waals surface area contributed by atoms with Gasteiger partial charge >= 0.3 is 0 Å². The van der Waals surface area contributed by atoms with Crippen LogP contribution in [0.4, 0.5) is 0 Å². The lowest BCUT2D eigenvalue weighted by Gasteiger charge is -1.99. The Kier molecular flexibility index (Phi) is 3.24. The molecule has 0 unspecified atom stereocenters. The van der Waals surface area contributed by atoms with E-state index in [1.54, 1.807) is 11.3 Å². The first-order valence-electron chi connectivity index (χ1n) is 7.33. The van der Waals surface area contributed by atoms with E-state index in [0.29, 0.717) is 0 Å².